The second-order valence-corrected chi connectivity index (χ2v) is 9.66. The first kappa shape index (κ1) is 17.8. The molecule has 0 unspecified atom stereocenters. The third-order valence-corrected chi connectivity index (χ3v) is 8.09. The first-order chi connectivity index (χ1) is 13.4. The van der Waals surface area contributed by atoms with E-state index in [9.17, 15) is 13.5 Å². The molecular weight excluding hydrogens is 382 g/mol. The van der Waals surface area contributed by atoms with Gasteiger partial charge >= 0.3 is 0 Å². The zero-order chi connectivity index (χ0) is 19.5. The molecule has 3 heterocycles. The summed E-state index contributed by atoms with van der Waals surface area (Å²) >= 11 is 0. The summed E-state index contributed by atoms with van der Waals surface area (Å²) in [5, 5.41) is 19.0. The molecule has 1 saturated heterocycles. The minimum Gasteiger partial charge on any atom is -0.382 e. The number of rotatable bonds is 3. The van der Waals surface area contributed by atoms with Gasteiger partial charge in [-0.2, -0.15) is 4.31 Å². The van der Waals surface area contributed by atoms with Gasteiger partial charge in [-0.3, -0.25) is 0 Å². The third kappa shape index (κ3) is 2.44. The fourth-order valence-corrected chi connectivity index (χ4v) is 6.53. The van der Waals surface area contributed by atoms with Crippen LogP contribution < -0.4 is 0 Å². The van der Waals surface area contributed by atoms with E-state index in [0.29, 0.717) is 24.3 Å². The molecule has 3 atom stereocenters. The lowest BCUT2D eigenvalue weighted by molar-refractivity contribution is -0.0728. The van der Waals surface area contributed by atoms with Gasteiger partial charge in [-0.25, -0.2) is 18.0 Å². The number of hydrogen-bond acceptors (Lipinski definition) is 7. The maximum atomic E-state index is 13.4. The van der Waals surface area contributed by atoms with Gasteiger partial charge < -0.3 is 9.67 Å². The molecule has 1 aromatic carbocycles. The van der Waals surface area contributed by atoms with Crippen LogP contribution in [0.4, 0.5) is 0 Å². The number of aliphatic hydroxyl groups is 1. The van der Waals surface area contributed by atoms with Gasteiger partial charge in [0.05, 0.1) is 0 Å². The van der Waals surface area contributed by atoms with Gasteiger partial charge in [-0.15, -0.1) is 0 Å². The quantitative estimate of drug-likeness (QED) is 0.700. The summed E-state index contributed by atoms with van der Waals surface area (Å²) in [5.74, 6) is 0.482. The smallest absolute Gasteiger partial charge is 0.245 e. The fraction of sp³-hybridized carbons (Fsp3) is 0.500. The van der Waals surface area contributed by atoms with Crippen LogP contribution in [-0.2, 0) is 22.7 Å². The summed E-state index contributed by atoms with van der Waals surface area (Å²) in [6, 6.07) is 4.82. The molecule has 3 aromatic rings. The molecule has 0 radical (unpaired) electrons. The van der Waals surface area contributed by atoms with E-state index < -0.39 is 15.6 Å². The van der Waals surface area contributed by atoms with Crippen LogP contribution in [0.15, 0.2) is 40.1 Å². The van der Waals surface area contributed by atoms with Gasteiger partial charge in [0.15, 0.2) is 5.52 Å². The van der Waals surface area contributed by atoms with Crippen molar-refractivity contribution in [1.82, 2.24) is 24.2 Å². The van der Waals surface area contributed by atoms with Crippen molar-refractivity contribution in [3.63, 3.8) is 0 Å². The Morgan fingerprint density at radius 3 is 2.93 bits per heavy atom. The van der Waals surface area contributed by atoms with Crippen LogP contribution in [0.3, 0.4) is 0 Å². The monoisotopic (exact) mass is 403 g/mol. The van der Waals surface area contributed by atoms with Gasteiger partial charge in [-0.05, 0) is 47.6 Å². The molecule has 10 heteroatoms. The van der Waals surface area contributed by atoms with Crippen molar-refractivity contribution in [2.24, 2.45) is 18.9 Å². The molecule has 0 spiro atoms. The predicted octanol–water partition coefficient (Wildman–Crippen LogP) is 1.26. The average molecular weight is 403 g/mol. The van der Waals surface area contributed by atoms with E-state index in [2.05, 4.69) is 15.3 Å². The fourth-order valence-electron chi connectivity index (χ4n) is 4.87. The minimum absolute atomic E-state index is 0.0832. The molecular formula is C18H21N5O4S. The number of aromatic nitrogens is 4. The molecule has 0 amide bonds. The first-order valence-electron chi connectivity index (χ1n) is 9.33. The minimum atomic E-state index is -3.79. The molecule has 9 nitrogen and oxygen atoms in total. The number of sulfonamides is 1. The van der Waals surface area contributed by atoms with Crippen molar-refractivity contribution < 1.29 is 18.2 Å². The lowest BCUT2D eigenvalue weighted by atomic mass is 9.70. The average Bonchev–Trinajstić information content (AvgIpc) is 3.40. The molecule has 2 aromatic heterocycles. The normalized spacial score (nSPS) is 28.6. The summed E-state index contributed by atoms with van der Waals surface area (Å²) in [6.07, 6.45) is 5.77. The molecule has 28 heavy (non-hydrogen) atoms. The third-order valence-electron chi connectivity index (χ3n) is 6.23. The van der Waals surface area contributed by atoms with Crippen molar-refractivity contribution in [2.45, 2.75) is 29.8 Å². The summed E-state index contributed by atoms with van der Waals surface area (Å²) in [6.45, 7) is 0.624. The molecule has 1 N–H and O–H groups in total. The van der Waals surface area contributed by atoms with E-state index >= 15 is 0 Å². The van der Waals surface area contributed by atoms with E-state index in [-0.39, 0.29) is 28.8 Å². The Kier molecular flexibility index (Phi) is 3.87. The van der Waals surface area contributed by atoms with E-state index in [0.717, 1.165) is 12.8 Å². The van der Waals surface area contributed by atoms with Crippen molar-refractivity contribution in [3.05, 3.63) is 36.4 Å². The Bertz CT molecular complexity index is 1140. The highest BCUT2D eigenvalue weighted by Gasteiger charge is 2.53. The van der Waals surface area contributed by atoms with Gasteiger partial charge in [0.2, 0.25) is 10.0 Å². The molecule has 1 aliphatic carbocycles. The SMILES string of the molecule is Cn1ccnc1[C@]1(O)CCC[C@H]2CN(S(=O)(=O)c3cccc4nonc34)C[C@@H]21. The van der Waals surface area contributed by atoms with Crippen LogP contribution in [0.25, 0.3) is 11.0 Å². The topological polar surface area (TPSA) is 114 Å². The van der Waals surface area contributed by atoms with Crippen molar-refractivity contribution in [2.75, 3.05) is 13.1 Å². The zero-order valence-corrected chi connectivity index (χ0v) is 16.2. The molecule has 148 valence electrons. The number of imidazole rings is 1. The highest BCUT2D eigenvalue weighted by Crippen LogP contribution is 2.48. The number of fused-ring (bicyclic) bond motifs is 2. The van der Waals surface area contributed by atoms with Gasteiger partial charge in [0, 0.05) is 38.4 Å². The van der Waals surface area contributed by atoms with E-state index in [1.165, 1.54) is 10.4 Å². The highest BCUT2D eigenvalue weighted by atomic mass is 32.2. The summed E-state index contributed by atoms with van der Waals surface area (Å²) < 4.78 is 34.7. The molecule has 1 aliphatic heterocycles. The highest BCUT2D eigenvalue weighted by molar-refractivity contribution is 7.89. The maximum Gasteiger partial charge on any atom is 0.245 e. The van der Waals surface area contributed by atoms with Crippen molar-refractivity contribution >= 4 is 21.1 Å². The van der Waals surface area contributed by atoms with Crippen LogP contribution in [0.2, 0.25) is 0 Å². The predicted molar refractivity (Wildman–Crippen MR) is 98.5 cm³/mol. The summed E-state index contributed by atoms with van der Waals surface area (Å²) in [4.78, 5) is 4.45. The van der Waals surface area contributed by atoms with E-state index in [4.69, 9.17) is 4.63 Å². The van der Waals surface area contributed by atoms with Gasteiger partial charge in [0.25, 0.3) is 0 Å². The second kappa shape index (κ2) is 6.10. The number of aryl methyl sites for hydroxylation is 1. The number of nitrogens with zero attached hydrogens (tertiary/aromatic N) is 5. The Balaban J connectivity index is 1.52. The molecule has 2 fully saturated rings. The maximum absolute atomic E-state index is 13.4. The van der Waals surface area contributed by atoms with E-state index in [1.807, 2.05) is 11.6 Å². The summed E-state index contributed by atoms with van der Waals surface area (Å²) in [7, 11) is -1.94. The van der Waals surface area contributed by atoms with Crippen molar-refractivity contribution in [1.29, 1.82) is 0 Å². The zero-order valence-electron chi connectivity index (χ0n) is 15.4. The Morgan fingerprint density at radius 2 is 2.14 bits per heavy atom. The lowest BCUT2D eigenvalue weighted by Gasteiger charge is -2.40. The standard InChI is InChI=1S/C18H21N5O4S/c1-22-9-8-19-17(22)18(24)7-3-4-12-10-23(11-13(12)18)28(25,26)15-6-2-5-14-16(15)21-27-20-14/h2,5-6,8-9,12-13,24H,3-4,7,10-11H2,1H3/t12-,13-,18-/m0/s1. The van der Waals surface area contributed by atoms with Crippen LogP contribution in [0.5, 0.6) is 0 Å². The summed E-state index contributed by atoms with van der Waals surface area (Å²) in [5.41, 5.74) is -0.494. The Labute approximate surface area is 162 Å². The molecule has 2 aliphatic rings. The number of benzene rings is 1. The van der Waals surface area contributed by atoms with Gasteiger partial charge in [0.1, 0.15) is 21.8 Å². The van der Waals surface area contributed by atoms with Crippen LogP contribution in [0.1, 0.15) is 25.1 Å². The molecule has 0 bridgehead atoms. The Morgan fingerprint density at radius 1 is 1.29 bits per heavy atom. The van der Waals surface area contributed by atoms with Gasteiger partial charge in [-0.1, -0.05) is 6.07 Å². The van der Waals surface area contributed by atoms with E-state index in [1.54, 1.807) is 24.5 Å². The second-order valence-electron chi connectivity index (χ2n) is 7.75. The first-order valence-corrected chi connectivity index (χ1v) is 10.8. The van der Waals surface area contributed by atoms with Crippen molar-refractivity contribution in [3.8, 4) is 0 Å². The largest absolute Gasteiger partial charge is 0.382 e. The molecule has 1 saturated carbocycles. The van der Waals surface area contributed by atoms with Crippen LogP contribution >= 0.6 is 0 Å². The molecule has 5 rings (SSSR count). The lowest BCUT2D eigenvalue weighted by Crippen LogP contribution is -2.44. The van der Waals surface area contributed by atoms with Crippen LogP contribution in [0, 0.1) is 11.8 Å². The van der Waals surface area contributed by atoms with Crippen LogP contribution in [-0.4, -0.2) is 50.8 Å². The number of hydrogen-bond donors (Lipinski definition) is 1. The Hall–Kier alpha value is -2.30.